The van der Waals surface area contributed by atoms with Crippen molar-refractivity contribution in [3.63, 3.8) is 0 Å². The normalized spacial score (nSPS) is 51.3. The third-order valence-corrected chi connectivity index (χ3v) is 23.1. The Hall–Kier alpha value is -1.42. The van der Waals surface area contributed by atoms with Gasteiger partial charge >= 0.3 is 0 Å². The zero-order chi connectivity index (χ0) is 66.2. The van der Waals surface area contributed by atoms with Gasteiger partial charge in [-0.15, -0.1) is 0 Å². The number of aliphatic hydroxyl groups excluding tert-OH is 18. The van der Waals surface area contributed by atoms with E-state index in [2.05, 4.69) is 47.6 Å². The van der Waals surface area contributed by atoms with Crippen LogP contribution in [0.4, 0.5) is 0 Å². The molecule has 19 N–H and O–H groups in total. The van der Waals surface area contributed by atoms with Gasteiger partial charge in [-0.25, -0.2) is 0 Å². The number of allylic oxidation sites excluding steroid dienone is 1. The average Bonchev–Trinajstić information content (AvgIpc) is 1.28. The Kier molecular flexibility index (Phi) is 22.8. The second kappa shape index (κ2) is 28.2. The van der Waals surface area contributed by atoms with Gasteiger partial charge in [0.25, 0.3) is 0 Å². The molecule has 9 aliphatic rings. The van der Waals surface area contributed by atoms with Crippen molar-refractivity contribution in [3.8, 4) is 0 Å². The molecule has 9 rings (SSSR count). The van der Waals surface area contributed by atoms with Crippen molar-refractivity contribution in [2.24, 2.45) is 45.3 Å². The molecule has 5 aliphatic heterocycles. The highest BCUT2D eigenvalue weighted by molar-refractivity contribution is 5.32. The molecule has 0 aromatic carbocycles. The summed E-state index contributed by atoms with van der Waals surface area (Å²) in [6, 6.07) is 0. The third-order valence-electron chi connectivity index (χ3n) is 23.1. The van der Waals surface area contributed by atoms with Gasteiger partial charge in [-0.05, 0) is 106 Å². The summed E-state index contributed by atoms with van der Waals surface area (Å²) in [7, 11) is 0. The van der Waals surface area contributed by atoms with Gasteiger partial charge in [-0.1, -0.05) is 53.2 Å². The van der Waals surface area contributed by atoms with Gasteiger partial charge in [0.05, 0.1) is 56.4 Å². The van der Waals surface area contributed by atoms with Crippen molar-refractivity contribution >= 4 is 0 Å². The van der Waals surface area contributed by atoms with E-state index in [0.717, 1.165) is 18.4 Å². The van der Waals surface area contributed by atoms with Crippen molar-refractivity contribution in [2.45, 2.75) is 291 Å². The number of ether oxygens (including phenoxy) is 10. The molecule has 0 bridgehead atoms. The van der Waals surface area contributed by atoms with Gasteiger partial charge < -0.3 is 144 Å². The third kappa shape index (κ3) is 13.2. The highest BCUT2D eigenvalue weighted by Crippen LogP contribution is 2.75. The molecule has 0 amide bonds. The second-order valence-corrected chi connectivity index (χ2v) is 29.0. The van der Waals surface area contributed by atoms with Crippen molar-refractivity contribution in [2.75, 3.05) is 33.0 Å². The lowest BCUT2D eigenvalue weighted by Gasteiger charge is -2.67. The van der Waals surface area contributed by atoms with Crippen LogP contribution in [0.1, 0.15) is 113 Å². The molecule has 0 aromatic rings. The van der Waals surface area contributed by atoms with E-state index < -0.39 is 220 Å². The first-order valence-corrected chi connectivity index (χ1v) is 32.1. The van der Waals surface area contributed by atoms with E-state index in [-0.39, 0.29) is 48.5 Å². The molecule has 29 nitrogen and oxygen atoms in total. The van der Waals surface area contributed by atoms with Gasteiger partial charge in [-0.3, -0.25) is 0 Å². The van der Waals surface area contributed by atoms with E-state index in [1.807, 2.05) is 0 Å². The summed E-state index contributed by atoms with van der Waals surface area (Å²) in [5.74, 6) is 0.00976. The summed E-state index contributed by atoms with van der Waals surface area (Å²) in [6.45, 7) is 12.5. The van der Waals surface area contributed by atoms with Gasteiger partial charge in [-0.2, -0.15) is 0 Å². The first-order chi connectivity index (χ1) is 42.2. The summed E-state index contributed by atoms with van der Waals surface area (Å²) < 4.78 is 60.4. The monoisotopic (exact) mass is 1300 g/mol. The minimum absolute atomic E-state index is 0.0259. The van der Waals surface area contributed by atoms with Gasteiger partial charge in [0.15, 0.2) is 31.5 Å². The first-order valence-electron chi connectivity index (χ1n) is 32.1. The van der Waals surface area contributed by atoms with Crippen molar-refractivity contribution < 1.29 is 144 Å². The molecule has 90 heavy (non-hydrogen) atoms. The van der Waals surface area contributed by atoms with Crippen molar-refractivity contribution in [1.82, 2.24) is 0 Å². The second-order valence-electron chi connectivity index (χ2n) is 29.0. The molecule has 8 fully saturated rings. The van der Waals surface area contributed by atoms with Crippen LogP contribution in [-0.2, 0) is 47.4 Å². The molecular weight excluding hydrogens is 1200 g/mol. The van der Waals surface area contributed by atoms with Crippen molar-refractivity contribution in [3.05, 3.63) is 11.6 Å². The highest BCUT2D eigenvalue weighted by atomic mass is 16.8. The zero-order valence-corrected chi connectivity index (χ0v) is 52.5. The molecule has 5 saturated heterocycles. The quantitative estimate of drug-likeness (QED) is 0.0479. The standard InChI is InChI=1S/C61H104O29/c1-24(25-15-17-59(6)33-12-10-26-27(61(33,8)34(66)19-60(25,59)7)11-14-35(57(26,2)3)87-53-48(78)42(72)37(67)28(82-53)16-18-62)9-13-36(58(4,5)80)88-55-50(46(76)41(71)32(86-55)23-81-52-47(77)43(73)38(68)29(20-63)83-52)90-56-51(45(75)40(70)31(22-65)85-56)89-54-49(79)44(74)39(69)30(21-64)84-54/h10,24-25,27-56,62-80H,9,11-23H2,1-8H3/t24-,25?,27?,28-,29-,30-,31-,32-,33?,34-,35+,36-,37-,38-,39-,40-,41-,42+,43+,44+,45+,46+,47-,48-,49-,50-,51-,52+,53+,54-,55+,56+,59+,60-,61+/m1/s1. The summed E-state index contributed by atoms with van der Waals surface area (Å²) in [4.78, 5) is 0. The molecule has 5 heterocycles. The van der Waals surface area contributed by atoms with Crippen LogP contribution in [0.5, 0.6) is 0 Å². The molecule has 3 saturated carbocycles. The molecule has 0 aromatic heterocycles. The Morgan fingerprint density at radius 1 is 0.533 bits per heavy atom. The summed E-state index contributed by atoms with van der Waals surface area (Å²) in [5, 5.41) is 207. The van der Waals surface area contributed by atoms with Crippen LogP contribution in [0.25, 0.3) is 0 Å². The smallest absolute Gasteiger partial charge is 0.187 e. The van der Waals surface area contributed by atoms with Crippen LogP contribution in [0.15, 0.2) is 11.6 Å². The number of rotatable bonds is 21. The Balaban J connectivity index is 0.945. The van der Waals surface area contributed by atoms with Crippen LogP contribution in [0.3, 0.4) is 0 Å². The lowest BCUT2D eigenvalue weighted by atomic mass is 9.38. The van der Waals surface area contributed by atoms with E-state index >= 15 is 0 Å². The molecule has 0 spiro atoms. The fourth-order valence-electron chi connectivity index (χ4n) is 17.3. The topological polar surface area (TPSA) is 477 Å². The maximum absolute atomic E-state index is 12.8. The average molecular weight is 1300 g/mol. The SMILES string of the molecule is C[C@H](CC[C@@H](O[C@@H]1O[C@H](CO[C@H]2O[C@H](CO)[C@@H](O)[C@H](O)[C@H]2O)[C@@H](O)[C@H](O)[C@H]1O[C@@H]1O[C@H](CO)[C@@H](O)[C@H](O)[C@H]1O[C@H]1O[C@H](CO)[C@@H](O)[C@H](O)[C@H]1O)C(C)(C)O)C1CC[C@@]2(C)C3CC=C4C(CC[C@H](O[C@@H]5O[C@H](CCO)[C@@H](O)[C@H](O)[C@H]5O)C4(C)C)[C@]3(C)[C@H](O)C[C@]12C. The van der Waals surface area contributed by atoms with Gasteiger partial charge in [0.2, 0.25) is 0 Å². The van der Waals surface area contributed by atoms with E-state index in [4.69, 9.17) is 47.4 Å². The minimum atomic E-state index is -2.08. The lowest BCUT2D eigenvalue weighted by Crippen LogP contribution is -2.67. The minimum Gasteiger partial charge on any atom is -0.396 e. The van der Waals surface area contributed by atoms with Crippen LogP contribution >= 0.6 is 0 Å². The molecule has 0 radical (unpaired) electrons. The number of aliphatic hydroxyl groups is 19. The predicted octanol–water partition coefficient (Wildman–Crippen LogP) is -5.02. The Morgan fingerprint density at radius 3 is 1.58 bits per heavy atom. The maximum atomic E-state index is 12.8. The largest absolute Gasteiger partial charge is 0.396 e. The Labute approximate surface area is 523 Å². The molecule has 35 atom stereocenters. The summed E-state index contributed by atoms with van der Waals surface area (Å²) >= 11 is 0. The van der Waals surface area contributed by atoms with Gasteiger partial charge in [0.1, 0.15) is 116 Å². The zero-order valence-electron chi connectivity index (χ0n) is 52.5. The highest BCUT2D eigenvalue weighted by Gasteiger charge is 2.71. The van der Waals surface area contributed by atoms with Crippen LogP contribution in [0.2, 0.25) is 0 Å². The van der Waals surface area contributed by atoms with E-state index in [1.54, 1.807) is 0 Å². The molecule has 29 heteroatoms. The van der Waals surface area contributed by atoms with Crippen molar-refractivity contribution in [1.29, 1.82) is 0 Å². The van der Waals surface area contributed by atoms with Crippen LogP contribution < -0.4 is 0 Å². The number of hydrogen-bond donors (Lipinski definition) is 19. The summed E-state index contributed by atoms with van der Waals surface area (Å²) in [6.07, 6.45) is -38.8. The lowest BCUT2D eigenvalue weighted by molar-refractivity contribution is -0.399. The number of hydrogen-bond acceptors (Lipinski definition) is 29. The van der Waals surface area contributed by atoms with E-state index in [9.17, 15) is 97.0 Å². The first kappa shape index (κ1) is 72.8. The van der Waals surface area contributed by atoms with Crippen LogP contribution in [-0.4, -0.2) is 308 Å². The molecule has 3 unspecified atom stereocenters. The molecule has 4 aliphatic carbocycles. The fraction of sp³-hybridized carbons (Fsp3) is 0.967. The fourth-order valence-corrected chi connectivity index (χ4v) is 17.3. The Morgan fingerprint density at radius 2 is 1.01 bits per heavy atom. The van der Waals surface area contributed by atoms with E-state index in [0.29, 0.717) is 32.1 Å². The Bertz CT molecular complexity index is 2370. The maximum Gasteiger partial charge on any atom is 0.187 e. The predicted molar refractivity (Wildman–Crippen MR) is 305 cm³/mol. The van der Waals surface area contributed by atoms with Gasteiger partial charge in [0, 0.05) is 17.4 Å². The molecule has 522 valence electrons. The number of fused-ring (bicyclic) bond motifs is 5. The summed E-state index contributed by atoms with van der Waals surface area (Å²) in [5.41, 5.74) is -2.37. The molecular formula is C61H104O29. The van der Waals surface area contributed by atoms with E-state index in [1.165, 1.54) is 13.8 Å². The van der Waals surface area contributed by atoms with Crippen LogP contribution in [0, 0.1) is 45.3 Å².